The molecule has 36 heavy (non-hydrogen) atoms. The van der Waals surface area contributed by atoms with E-state index in [4.69, 9.17) is 33.9 Å². The van der Waals surface area contributed by atoms with Crippen molar-refractivity contribution >= 4 is 26.0 Å². The van der Waals surface area contributed by atoms with Crippen LogP contribution in [0.5, 0.6) is 28.7 Å². The third-order valence-corrected chi connectivity index (χ3v) is 7.20. The van der Waals surface area contributed by atoms with Crippen LogP contribution in [0.1, 0.15) is 11.1 Å². The Morgan fingerprint density at radius 3 is 1.36 bits per heavy atom. The number of halogens is 1. The van der Waals surface area contributed by atoms with Crippen molar-refractivity contribution < 1.29 is 31.7 Å². The fourth-order valence-electron chi connectivity index (χ4n) is 3.10. The number of aryl methyl sites for hydroxylation is 2. The fourth-order valence-corrected chi connectivity index (χ4v) is 5.60. The first-order chi connectivity index (χ1) is 17.2. The number of phosphoric acid groups is 1. The smallest absolute Gasteiger partial charge is 0.405 e. The second-order valence-electron chi connectivity index (χ2n) is 7.75. The van der Waals surface area contributed by atoms with E-state index >= 15 is 0 Å². The Kier molecular flexibility index (Phi) is 7.95. The van der Waals surface area contributed by atoms with Gasteiger partial charge in [0.2, 0.25) is 0 Å². The molecule has 186 valence electrons. The summed E-state index contributed by atoms with van der Waals surface area (Å²) in [5.74, 6) is 1.28. The zero-order valence-electron chi connectivity index (χ0n) is 19.4. The second-order valence-corrected chi connectivity index (χ2v) is 11.7. The quantitative estimate of drug-likeness (QED) is 0.185. The molecular weight excluding hydrogens is 522 g/mol. The molecule has 0 amide bonds. The van der Waals surface area contributed by atoms with Crippen LogP contribution >= 0.6 is 26.0 Å². The first-order valence-corrected chi connectivity index (χ1v) is 14.8. The molecule has 4 rings (SSSR count). The van der Waals surface area contributed by atoms with Crippen molar-refractivity contribution in [2.45, 2.75) is 13.8 Å². The summed E-state index contributed by atoms with van der Waals surface area (Å²) in [5.41, 5.74) is 1.83. The largest absolute Gasteiger partial charge is 0.647 e. The molecule has 4 aromatic rings. The first-order valence-electron chi connectivity index (χ1n) is 10.8. The van der Waals surface area contributed by atoms with Crippen molar-refractivity contribution in [3.8, 4) is 28.7 Å². The number of rotatable bonds is 10. The molecule has 0 aliphatic rings. The van der Waals surface area contributed by atoms with Crippen LogP contribution in [0.25, 0.3) is 0 Å². The highest BCUT2D eigenvalue weighted by Crippen LogP contribution is 2.54. The van der Waals surface area contributed by atoms with Crippen molar-refractivity contribution in [2.24, 2.45) is 0 Å². The molecule has 0 heterocycles. The van der Waals surface area contributed by atoms with Gasteiger partial charge in [-0.25, -0.2) is 4.57 Å². The minimum absolute atomic E-state index is 0.158. The van der Waals surface area contributed by atoms with Crippen LogP contribution in [-0.2, 0) is 9.13 Å². The Morgan fingerprint density at radius 1 is 0.500 bits per heavy atom. The van der Waals surface area contributed by atoms with E-state index < -0.39 is 14.8 Å². The van der Waals surface area contributed by atoms with Gasteiger partial charge in [0.1, 0.15) is 28.7 Å². The lowest BCUT2D eigenvalue weighted by Gasteiger charge is -2.20. The Morgan fingerprint density at radius 2 is 0.889 bits per heavy atom. The minimum atomic E-state index is -4.17. The molecule has 0 aromatic heterocycles. The molecule has 1 unspecified atom stereocenters. The van der Waals surface area contributed by atoms with Gasteiger partial charge in [0.05, 0.1) is 0 Å². The summed E-state index contributed by atoms with van der Waals surface area (Å²) in [6.45, 7) is -0.197. The molecule has 0 saturated carbocycles. The van der Waals surface area contributed by atoms with E-state index in [-0.39, 0.29) is 11.5 Å². The SMILES string of the molecule is Cc1cccc(OP(=O)(Oc2ccc(OP(=O)(Cl)Oc3ccccc3)cc2)Oc2cccc(C)c2)c1. The van der Waals surface area contributed by atoms with Crippen LogP contribution in [0.4, 0.5) is 0 Å². The molecule has 7 nitrogen and oxygen atoms in total. The Balaban J connectivity index is 1.51. The number of para-hydroxylation sites is 1. The lowest BCUT2D eigenvalue weighted by atomic mass is 10.2. The van der Waals surface area contributed by atoms with Crippen molar-refractivity contribution in [3.63, 3.8) is 0 Å². The first kappa shape index (κ1) is 25.7. The zero-order chi connectivity index (χ0) is 25.6. The van der Waals surface area contributed by atoms with E-state index in [1.807, 2.05) is 26.0 Å². The molecule has 0 spiro atoms. The summed E-state index contributed by atoms with van der Waals surface area (Å²) in [4.78, 5) is 0. The molecule has 0 bridgehead atoms. The second kappa shape index (κ2) is 11.1. The number of hydrogen-bond acceptors (Lipinski definition) is 7. The molecule has 1 atom stereocenters. The van der Waals surface area contributed by atoms with E-state index in [0.717, 1.165) is 11.1 Å². The lowest BCUT2D eigenvalue weighted by Crippen LogP contribution is -2.07. The average molecular weight is 545 g/mol. The van der Waals surface area contributed by atoms with Gasteiger partial charge in [0.25, 0.3) is 0 Å². The number of hydrogen-bond donors (Lipinski definition) is 0. The molecule has 0 aliphatic heterocycles. The third kappa shape index (κ3) is 7.56. The van der Waals surface area contributed by atoms with Gasteiger partial charge in [-0.05, 0) is 85.6 Å². The highest BCUT2D eigenvalue weighted by Gasteiger charge is 2.33. The summed E-state index contributed by atoms with van der Waals surface area (Å²) < 4.78 is 53.9. The maximum Gasteiger partial charge on any atom is 0.647 e. The fraction of sp³-hybridized carbons (Fsp3) is 0.0769. The lowest BCUT2D eigenvalue weighted by molar-refractivity contribution is 0.298. The van der Waals surface area contributed by atoms with Crippen LogP contribution < -0.4 is 22.6 Å². The topological polar surface area (TPSA) is 80.3 Å². The molecule has 0 radical (unpaired) electrons. The molecule has 0 aliphatic carbocycles. The predicted octanol–water partition coefficient (Wildman–Crippen LogP) is 8.75. The molecule has 10 heteroatoms. The van der Waals surface area contributed by atoms with Crippen molar-refractivity contribution in [3.05, 3.63) is 114 Å². The average Bonchev–Trinajstić information content (AvgIpc) is 2.80. The van der Waals surface area contributed by atoms with E-state index in [1.165, 1.54) is 24.3 Å². The molecular formula is C26H23ClO7P2. The summed E-state index contributed by atoms with van der Waals surface area (Å²) >= 11 is 5.95. The van der Waals surface area contributed by atoms with E-state index in [1.54, 1.807) is 66.7 Å². The Bertz CT molecular complexity index is 1360. The summed E-state index contributed by atoms with van der Waals surface area (Å²) in [6, 6.07) is 28.3. The number of benzene rings is 4. The third-order valence-electron chi connectivity index (χ3n) is 4.63. The van der Waals surface area contributed by atoms with E-state index in [0.29, 0.717) is 17.2 Å². The van der Waals surface area contributed by atoms with Gasteiger partial charge in [-0.15, -0.1) is 0 Å². The summed E-state index contributed by atoms with van der Waals surface area (Å²) in [6.07, 6.45) is 0. The Hall–Kier alpha value is -3.37. The maximum absolute atomic E-state index is 13.7. The Labute approximate surface area is 214 Å². The molecule has 0 saturated heterocycles. The van der Waals surface area contributed by atoms with Gasteiger partial charge in [0.15, 0.2) is 0 Å². The van der Waals surface area contributed by atoms with Crippen LogP contribution in [0.2, 0.25) is 0 Å². The van der Waals surface area contributed by atoms with Gasteiger partial charge in [-0.3, -0.25) is 0 Å². The van der Waals surface area contributed by atoms with Gasteiger partial charge in [-0.2, -0.15) is 4.57 Å². The molecule has 0 N–H and O–H groups in total. The van der Waals surface area contributed by atoms with Crippen LogP contribution in [0.15, 0.2) is 103 Å². The number of phosphoric ester groups is 1. The standard InChI is InChI=1S/C26H23ClO7P2/c1-20-8-6-12-25(18-20)33-36(29,34-26-13-7-9-21(2)19-26)32-24-16-14-23(15-17-24)31-35(27,28)30-22-10-4-3-5-11-22/h3-19H,1-2H3. The van der Waals surface area contributed by atoms with Crippen LogP contribution in [0, 0.1) is 13.8 Å². The van der Waals surface area contributed by atoms with Gasteiger partial charge in [-0.1, -0.05) is 42.5 Å². The van der Waals surface area contributed by atoms with Gasteiger partial charge < -0.3 is 22.6 Å². The highest BCUT2D eigenvalue weighted by molar-refractivity contribution is 7.82. The van der Waals surface area contributed by atoms with E-state index in [9.17, 15) is 9.13 Å². The maximum atomic E-state index is 13.7. The van der Waals surface area contributed by atoms with Crippen molar-refractivity contribution in [1.82, 2.24) is 0 Å². The monoisotopic (exact) mass is 544 g/mol. The van der Waals surface area contributed by atoms with Crippen molar-refractivity contribution in [1.29, 1.82) is 0 Å². The molecule has 0 fully saturated rings. The van der Waals surface area contributed by atoms with Gasteiger partial charge >= 0.3 is 14.8 Å². The van der Waals surface area contributed by atoms with Crippen LogP contribution in [-0.4, -0.2) is 0 Å². The van der Waals surface area contributed by atoms with Gasteiger partial charge in [0, 0.05) is 11.2 Å². The minimum Gasteiger partial charge on any atom is -0.405 e. The van der Waals surface area contributed by atoms with E-state index in [2.05, 4.69) is 0 Å². The summed E-state index contributed by atoms with van der Waals surface area (Å²) in [7, 11) is -4.17. The molecule has 4 aromatic carbocycles. The highest BCUT2D eigenvalue weighted by atomic mass is 35.7. The summed E-state index contributed by atoms with van der Waals surface area (Å²) in [5, 5.41) is 0. The normalized spacial score (nSPS) is 12.8. The van der Waals surface area contributed by atoms with Crippen molar-refractivity contribution in [2.75, 3.05) is 0 Å². The zero-order valence-corrected chi connectivity index (χ0v) is 22.0. The van der Waals surface area contributed by atoms with Crippen LogP contribution in [0.3, 0.4) is 0 Å². The predicted molar refractivity (Wildman–Crippen MR) is 139 cm³/mol.